The number of ether oxygens (including phenoxy) is 1. The summed E-state index contributed by atoms with van der Waals surface area (Å²) in [5, 5.41) is 2.97. The molecule has 142 valence electrons. The minimum Gasteiger partial charge on any atom is -0.495 e. The van der Waals surface area contributed by atoms with Gasteiger partial charge in [-0.1, -0.05) is 6.07 Å². The van der Waals surface area contributed by atoms with Crippen molar-refractivity contribution in [1.29, 1.82) is 0 Å². The van der Waals surface area contributed by atoms with Crippen LogP contribution in [0.2, 0.25) is 0 Å². The quantitative estimate of drug-likeness (QED) is 0.826. The Kier molecular flexibility index (Phi) is 5.64. The molecule has 0 bridgehead atoms. The molecule has 0 aliphatic carbocycles. The summed E-state index contributed by atoms with van der Waals surface area (Å²) in [6.45, 7) is 6.92. The predicted molar refractivity (Wildman–Crippen MR) is 107 cm³/mol. The van der Waals surface area contributed by atoms with E-state index >= 15 is 0 Å². The van der Waals surface area contributed by atoms with Crippen LogP contribution >= 0.6 is 0 Å². The zero-order valence-corrected chi connectivity index (χ0v) is 16.0. The van der Waals surface area contributed by atoms with Crippen LogP contribution < -0.4 is 15.0 Å². The number of hydrogen-bond donors (Lipinski definition) is 1. The normalized spacial score (nSPS) is 14.0. The molecule has 3 rings (SSSR count). The predicted octanol–water partition coefficient (Wildman–Crippen LogP) is 2.84. The van der Waals surface area contributed by atoms with Gasteiger partial charge in [0.15, 0.2) is 0 Å². The van der Waals surface area contributed by atoms with Gasteiger partial charge in [0.05, 0.1) is 12.8 Å². The van der Waals surface area contributed by atoms with E-state index in [1.54, 1.807) is 12.0 Å². The van der Waals surface area contributed by atoms with Gasteiger partial charge in [0.2, 0.25) is 6.41 Å². The monoisotopic (exact) mass is 367 g/mol. The highest BCUT2D eigenvalue weighted by Gasteiger charge is 2.18. The van der Waals surface area contributed by atoms with Gasteiger partial charge in [0, 0.05) is 37.4 Å². The molecule has 0 spiro atoms. The summed E-state index contributed by atoms with van der Waals surface area (Å²) in [6.07, 6.45) is 0.889. The number of methoxy groups -OCH3 is 1. The fraction of sp³-hybridized carbons (Fsp3) is 0.333. The van der Waals surface area contributed by atoms with E-state index in [0.29, 0.717) is 30.1 Å². The van der Waals surface area contributed by atoms with Crippen molar-refractivity contribution in [2.24, 2.45) is 0 Å². The summed E-state index contributed by atoms with van der Waals surface area (Å²) in [6, 6.07) is 11.4. The average molecular weight is 367 g/mol. The molecule has 2 aromatic rings. The molecule has 1 saturated heterocycles. The number of nitrogens with one attached hydrogen (secondary N) is 1. The standard InChI is InChI=1S/C21H25N3O3/c1-15-4-5-17(12-16(15)2)21(26)22-19-13-18(6-7-20(19)27-3)24-10-8-23(14-25)9-11-24/h4-7,12-14H,8-11H2,1-3H3,(H,22,26). The number of carbonyl (C=O) groups is 2. The molecule has 1 aliphatic heterocycles. The van der Waals surface area contributed by atoms with Crippen molar-refractivity contribution in [3.05, 3.63) is 53.1 Å². The van der Waals surface area contributed by atoms with Crippen molar-refractivity contribution in [2.45, 2.75) is 13.8 Å². The molecule has 1 N–H and O–H groups in total. The second kappa shape index (κ2) is 8.12. The van der Waals surface area contributed by atoms with Crippen molar-refractivity contribution < 1.29 is 14.3 Å². The molecule has 27 heavy (non-hydrogen) atoms. The molecule has 6 heteroatoms. The maximum absolute atomic E-state index is 12.7. The minimum absolute atomic E-state index is 0.167. The molecular formula is C21H25N3O3. The molecule has 0 saturated carbocycles. The molecular weight excluding hydrogens is 342 g/mol. The first kappa shape index (κ1) is 18.8. The number of anilines is 2. The van der Waals surface area contributed by atoms with Gasteiger partial charge < -0.3 is 19.9 Å². The van der Waals surface area contributed by atoms with Crippen LogP contribution in [0, 0.1) is 13.8 Å². The van der Waals surface area contributed by atoms with Crippen LogP contribution in [0.25, 0.3) is 0 Å². The molecule has 0 radical (unpaired) electrons. The summed E-state index contributed by atoms with van der Waals surface area (Å²) in [5.74, 6) is 0.446. The summed E-state index contributed by atoms with van der Waals surface area (Å²) < 4.78 is 5.41. The maximum Gasteiger partial charge on any atom is 0.255 e. The molecule has 2 aromatic carbocycles. The van der Waals surface area contributed by atoms with E-state index < -0.39 is 0 Å². The van der Waals surface area contributed by atoms with Gasteiger partial charge in [-0.3, -0.25) is 9.59 Å². The van der Waals surface area contributed by atoms with E-state index in [4.69, 9.17) is 4.74 Å². The van der Waals surface area contributed by atoms with Gasteiger partial charge in [-0.2, -0.15) is 0 Å². The van der Waals surface area contributed by atoms with E-state index in [1.807, 2.05) is 50.2 Å². The van der Waals surface area contributed by atoms with Crippen molar-refractivity contribution in [2.75, 3.05) is 43.5 Å². The fourth-order valence-corrected chi connectivity index (χ4v) is 3.15. The first-order valence-corrected chi connectivity index (χ1v) is 9.02. The smallest absolute Gasteiger partial charge is 0.255 e. The third-order valence-electron chi connectivity index (χ3n) is 5.03. The highest BCUT2D eigenvalue weighted by atomic mass is 16.5. The Labute approximate surface area is 159 Å². The number of piperazine rings is 1. The molecule has 0 aromatic heterocycles. The molecule has 1 heterocycles. The number of aryl methyl sites for hydroxylation is 2. The molecule has 0 unspecified atom stereocenters. The van der Waals surface area contributed by atoms with Gasteiger partial charge in [0.1, 0.15) is 5.75 Å². The highest BCUT2D eigenvalue weighted by molar-refractivity contribution is 6.05. The van der Waals surface area contributed by atoms with E-state index in [9.17, 15) is 9.59 Å². The summed E-state index contributed by atoms with van der Waals surface area (Å²) in [5.41, 5.74) is 4.48. The van der Waals surface area contributed by atoms with Gasteiger partial charge >= 0.3 is 0 Å². The molecule has 0 atom stereocenters. The first-order valence-electron chi connectivity index (χ1n) is 9.02. The average Bonchev–Trinajstić information content (AvgIpc) is 2.70. The van der Waals surface area contributed by atoms with Gasteiger partial charge in [0.25, 0.3) is 5.91 Å². The second-order valence-corrected chi connectivity index (χ2v) is 6.77. The number of benzene rings is 2. The van der Waals surface area contributed by atoms with Crippen LogP contribution in [0.5, 0.6) is 5.75 Å². The summed E-state index contributed by atoms with van der Waals surface area (Å²) >= 11 is 0. The molecule has 6 nitrogen and oxygen atoms in total. The Balaban J connectivity index is 1.80. The Hall–Kier alpha value is -3.02. The van der Waals surface area contributed by atoms with Crippen molar-refractivity contribution in [3.63, 3.8) is 0 Å². The third kappa shape index (κ3) is 4.22. The Bertz CT molecular complexity index is 843. The SMILES string of the molecule is COc1ccc(N2CCN(C=O)CC2)cc1NC(=O)c1ccc(C)c(C)c1. The minimum atomic E-state index is -0.167. The highest BCUT2D eigenvalue weighted by Crippen LogP contribution is 2.30. The van der Waals surface area contributed by atoms with Crippen LogP contribution in [0.1, 0.15) is 21.5 Å². The Morgan fingerprint density at radius 1 is 1.04 bits per heavy atom. The van der Waals surface area contributed by atoms with Crippen molar-refractivity contribution in [3.8, 4) is 5.75 Å². The third-order valence-corrected chi connectivity index (χ3v) is 5.03. The summed E-state index contributed by atoms with van der Waals surface area (Å²) in [4.78, 5) is 27.5. The molecule has 1 fully saturated rings. The van der Waals surface area contributed by atoms with Gasteiger partial charge in [-0.15, -0.1) is 0 Å². The number of amides is 2. The Morgan fingerprint density at radius 2 is 1.78 bits per heavy atom. The Morgan fingerprint density at radius 3 is 2.41 bits per heavy atom. The lowest BCUT2D eigenvalue weighted by atomic mass is 10.1. The number of nitrogens with zero attached hydrogens (tertiary/aromatic N) is 2. The number of hydrogen-bond acceptors (Lipinski definition) is 4. The molecule has 2 amide bonds. The van der Waals surface area contributed by atoms with Gasteiger partial charge in [-0.25, -0.2) is 0 Å². The number of rotatable bonds is 5. The largest absolute Gasteiger partial charge is 0.495 e. The number of carbonyl (C=O) groups excluding carboxylic acids is 2. The van der Waals surface area contributed by atoms with E-state index in [1.165, 1.54) is 0 Å². The zero-order chi connectivity index (χ0) is 19.4. The maximum atomic E-state index is 12.7. The van der Waals surface area contributed by atoms with Crippen LogP contribution in [0.3, 0.4) is 0 Å². The molecule has 1 aliphatic rings. The van der Waals surface area contributed by atoms with E-state index in [0.717, 1.165) is 36.3 Å². The fourth-order valence-electron chi connectivity index (χ4n) is 3.15. The van der Waals surface area contributed by atoms with E-state index in [-0.39, 0.29) is 5.91 Å². The first-order chi connectivity index (χ1) is 13.0. The lowest BCUT2D eigenvalue weighted by Crippen LogP contribution is -2.45. The lowest BCUT2D eigenvalue weighted by molar-refractivity contribution is -0.118. The second-order valence-electron chi connectivity index (χ2n) is 6.77. The van der Waals surface area contributed by atoms with E-state index in [2.05, 4.69) is 10.2 Å². The lowest BCUT2D eigenvalue weighted by Gasteiger charge is -2.34. The van der Waals surface area contributed by atoms with Crippen LogP contribution in [-0.4, -0.2) is 50.5 Å². The van der Waals surface area contributed by atoms with Crippen molar-refractivity contribution in [1.82, 2.24) is 4.90 Å². The van der Waals surface area contributed by atoms with Crippen LogP contribution in [-0.2, 0) is 4.79 Å². The zero-order valence-electron chi connectivity index (χ0n) is 16.0. The van der Waals surface area contributed by atoms with Crippen molar-refractivity contribution >= 4 is 23.7 Å². The van der Waals surface area contributed by atoms with Crippen LogP contribution in [0.15, 0.2) is 36.4 Å². The summed E-state index contributed by atoms with van der Waals surface area (Å²) in [7, 11) is 1.59. The topological polar surface area (TPSA) is 61.9 Å². The van der Waals surface area contributed by atoms with Crippen LogP contribution in [0.4, 0.5) is 11.4 Å². The van der Waals surface area contributed by atoms with Gasteiger partial charge in [-0.05, 0) is 55.3 Å².